The third kappa shape index (κ3) is 11.2. The topological polar surface area (TPSA) is 147 Å². The first kappa shape index (κ1) is 39.1. The van der Waals surface area contributed by atoms with Crippen molar-refractivity contribution in [3.63, 3.8) is 0 Å². The van der Waals surface area contributed by atoms with Gasteiger partial charge in [0.25, 0.3) is 0 Å². The van der Waals surface area contributed by atoms with E-state index in [0.29, 0.717) is 38.8 Å². The highest BCUT2D eigenvalue weighted by atomic mass is 16.7. The molecule has 3 aromatic rings. The first-order valence-corrected chi connectivity index (χ1v) is 18.4. The highest BCUT2D eigenvalue weighted by Gasteiger charge is 2.39. The van der Waals surface area contributed by atoms with Gasteiger partial charge in [0.05, 0.1) is 18.8 Å². The Labute approximate surface area is 306 Å². The molecule has 2 fully saturated rings. The third-order valence-electron chi connectivity index (χ3n) is 9.52. The quantitative estimate of drug-likeness (QED) is 0.0619. The molecule has 0 aromatic heterocycles. The molecule has 52 heavy (non-hydrogen) atoms. The fraction of sp³-hybridized carbons (Fsp3) is 0.488. The fourth-order valence-electron chi connectivity index (χ4n) is 6.84. The Kier molecular flexibility index (Phi) is 14.0. The Morgan fingerprint density at radius 2 is 1.58 bits per heavy atom. The van der Waals surface area contributed by atoms with Gasteiger partial charge in [0.2, 0.25) is 11.8 Å². The van der Waals surface area contributed by atoms with E-state index in [1.165, 1.54) is 0 Å². The van der Waals surface area contributed by atoms with Gasteiger partial charge in [0.1, 0.15) is 11.6 Å². The van der Waals surface area contributed by atoms with Crippen LogP contribution in [0.4, 0.5) is 0 Å². The number of hydrogen-bond acceptors (Lipinski definition) is 9. The molecule has 5 rings (SSSR count). The second kappa shape index (κ2) is 18.6. The van der Waals surface area contributed by atoms with E-state index >= 15 is 0 Å². The van der Waals surface area contributed by atoms with Gasteiger partial charge >= 0.3 is 5.97 Å². The zero-order chi connectivity index (χ0) is 37.1. The van der Waals surface area contributed by atoms with Crippen LogP contribution in [0.15, 0.2) is 72.8 Å². The molecular formula is C41H53N3O8. The summed E-state index contributed by atoms with van der Waals surface area (Å²) in [4.78, 5) is 39.0. The lowest BCUT2D eigenvalue weighted by molar-refractivity contribution is -0.253. The van der Waals surface area contributed by atoms with E-state index in [1.54, 1.807) is 5.48 Å². The average Bonchev–Trinajstić information content (AvgIpc) is 3.61. The molecule has 11 heteroatoms. The van der Waals surface area contributed by atoms with Crippen molar-refractivity contribution in [2.45, 2.75) is 115 Å². The number of rotatable bonds is 15. The molecule has 2 aliphatic rings. The highest BCUT2D eigenvalue weighted by molar-refractivity contribution is 5.77. The van der Waals surface area contributed by atoms with Crippen LogP contribution in [-0.4, -0.2) is 63.8 Å². The van der Waals surface area contributed by atoms with Gasteiger partial charge in [-0.2, -0.15) is 0 Å². The third-order valence-corrected chi connectivity index (χ3v) is 9.52. The largest absolute Gasteiger partial charge is 0.459 e. The molecule has 11 nitrogen and oxygen atoms in total. The molecule has 3 aromatic carbocycles. The number of nitrogens with one attached hydrogen (secondary N) is 2. The Bertz CT molecular complexity index is 1620. The summed E-state index contributed by atoms with van der Waals surface area (Å²) in [5, 5.41) is 21.2. The first-order valence-electron chi connectivity index (χ1n) is 18.4. The molecule has 4 N–H and O–H groups in total. The smallest absolute Gasteiger partial charge is 0.323 e. The highest BCUT2D eigenvalue weighted by Crippen LogP contribution is 2.39. The van der Waals surface area contributed by atoms with Crippen molar-refractivity contribution in [2.24, 2.45) is 0 Å². The lowest BCUT2D eigenvalue weighted by Crippen LogP contribution is -2.45. The van der Waals surface area contributed by atoms with Gasteiger partial charge in [-0.15, -0.1) is 0 Å². The molecule has 2 heterocycles. The molecule has 0 saturated carbocycles. The van der Waals surface area contributed by atoms with Gasteiger partial charge in [0.15, 0.2) is 6.29 Å². The van der Waals surface area contributed by atoms with Crippen LogP contribution in [0.2, 0.25) is 0 Å². The van der Waals surface area contributed by atoms with Gasteiger partial charge in [-0.05, 0) is 80.8 Å². The van der Waals surface area contributed by atoms with Crippen LogP contribution < -0.4 is 10.8 Å². The van der Waals surface area contributed by atoms with Crippen LogP contribution in [0.25, 0.3) is 11.1 Å². The Hall–Kier alpha value is -4.13. The number of carbonyl (C=O) groups excluding carboxylic acids is 3. The molecule has 2 saturated heterocycles. The van der Waals surface area contributed by atoms with E-state index in [9.17, 15) is 19.5 Å². The van der Waals surface area contributed by atoms with Crippen molar-refractivity contribution in [3.05, 3.63) is 95.1 Å². The fourth-order valence-corrected chi connectivity index (χ4v) is 6.84. The van der Waals surface area contributed by atoms with E-state index in [-0.39, 0.29) is 43.2 Å². The summed E-state index contributed by atoms with van der Waals surface area (Å²) in [5.74, 6) is -0.661. The van der Waals surface area contributed by atoms with E-state index in [2.05, 4.69) is 10.2 Å². The van der Waals surface area contributed by atoms with E-state index in [0.717, 1.165) is 59.2 Å². The van der Waals surface area contributed by atoms with Crippen LogP contribution in [-0.2, 0) is 41.7 Å². The maximum absolute atomic E-state index is 13.1. The monoisotopic (exact) mass is 715 g/mol. The predicted molar refractivity (Wildman–Crippen MR) is 196 cm³/mol. The molecule has 2 amide bonds. The SMILES string of the molecule is CC(C)(C)OC(=O)C1CCCN1CC1CC(c2ccc(CO)cc2)OC(c2ccc(-c3ccccc3CNC(=O)CCCCCC(=O)NO)cc2)O1. The van der Waals surface area contributed by atoms with Crippen molar-refractivity contribution in [1.29, 1.82) is 0 Å². The summed E-state index contributed by atoms with van der Waals surface area (Å²) in [5.41, 5.74) is 6.78. The minimum atomic E-state index is -0.634. The number of hydroxylamine groups is 1. The Balaban J connectivity index is 1.26. The second-order valence-corrected chi connectivity index (χ2v) is 14.7. The molecule has 4 atom stereocenters. The van der Waals surface area contributed by atoms with Gasteiger partial charge in [-0.3, -0.25) is 24.5 Å². The second-order valence-electron chi connectivity index (χ2n) is 14.7. The summed E-state index contributed by atoms with van der Waals surface area (Å²) in [6.45, 7) is 7.40. The summed E-state index contributed by atoms with van der Waals surface area (Å²) < 4.78 is 19.0. The number of benzene rings is 3. The summed E-state index contributed by atoms with van der Waals surface area (Å²) in [6.07, 6.45) is 3.81. The molecule has 4 unspecified atom stereocenters. The number of unbranched alkanes of at least 4 members (excludes halogenated alkanes) is 2. The number of likely N-dealkylation sites (tertiary alicyclic amines) is 1. The van der Waals surface area contributed by atoms with Crippen LogP contribution in [0.1, 0.15) is 107 Å². The maximum atomic E-state index is 13.1. The first-order chi connectivity index (χ1) is 25.0. The van der Waals surface area contributed by atoms with Crippen molar-refractivity contribution in [2.75, 3.05) is 13.1 Å². The summed E-state index contributed by atoms with van der Waals surface area (Å²) in [7, 11) is 0. The molecule has 2 aliphatic heterocycles. The van der Waals surface area contributed by atoms with Gasteiger partial charge in [0, 0.05) is 37.9 Å². The van der Waals surface area contributed by atoms with Crippen molar-refractivity contribution in [3.8, 4) is 11.1 Å². The number of carbonyl (C=O) groups is 3. The van der Waals surface area contributed by atoms with Gasteiger partial charge in [-0.1, -0.05) is 79.2 Å². The minimum Gasteiger partial charge on any atom is -0.459 e. The van der Waals surface area contributed by atoms with Crippen molar-refractivity contribution < 1.29 is 38.9 Å². The summed E-state index contributed by atoms with van der Waals surface area (Å²) in [6, 6.07) is 23.6. The number of ether oxygens (including phenoxy) is 3. The maximum Gasteiger partial charge on any atom is 0.323 e. The normalized spacial score (nSPS) is 20.7. The van der Waals surface area contributed by atoms with Crippen LogP contribution in [0.5, 0.6) is 0 Å². The van der Waals surface area contributed by atoms with Crippen LogP contribution >= 0.6 is 0 Å². The van der Waals surface area contributed by atoms with Gasteiger partial charge < -0.3 is 24.6 Å². The predicted octanol–water partition coefficient (Wildman–Crippen LogP) is 6.27. The molecule has 0 bridgehead atoms. The van der Waals surface area contributed by atoms with Crippen LogP contribution in [0, 0.1) is 0 Å². The number of aliphatic hydroxyl groups excluding tert-OH is 1. The number of aliphatic hydroxyl groups is 1. The Morgan fingerprint density at radius 3 is 2.27 bits per heavy atom. The number of hydrogen-bond donors (Lipinski definition) is 4. The van der Waals surface area contributed by atoms with Crippen molar-refractivity contribution >= 4 is 17.8 Å². The average molecular weight is 716 g/mol. The van der Waals surface area contributed by atoms with E-state index in [1.807, 2.05) is 93.6 Å². The van der Waals surface area contributed by atoms with E-state index in [4.69, 9.17) is 19.4 Å². The standard InChI is InChI=1S/C41H53N3O8/c1-41(2,3)52-39(48)35-12-9-23-44(35)26-33-24-36(30-17-15-28(27-45)16-18-30)51-40(50-33)31-21-19-29(20-22-31)34-11-8-7-10-32(34)25-42-37(46)13-5-4-6-14-38(47)43-49/h7-8,10-11,15-22,33,35-36,40,45,49H,4-6,9,12-14,23-27H2,1-3H3,(H,42,46)(H,43,47). The lowest BCUT2D eigenvalue weighted by atomic mass is 9.97. The van der Waals surface area contributed by atoms with Crippen molar-refractivity contribution in [1.82, 2.24) is 15.7 Å². The lowest BCUT2D eigenvalue weighted by Gasteiger charge is -2.38. The minimum absolute atomic E-state index is 0.0297. The van der Waals surface area contributed by atoms with E-state index < -0.39 is 17.8 Å². The molecular weight excluding hydrogens is 662 g/mol. The summed E-state index contributed by atoms with van der Waals surface area (Å²) >= 11 is 0. The number of nitrogens with zero attached hydrogens (tertiary/aromatic N) is 1. The number of amides is 2. The molecule has 280 valence electrons. The zero-order valence-corrected chi connectivity index (χ0v) is 30.5. The zero-order valence-electron chi connectivity index (χ0n) is 30.5. The van der Waals surface area contributed by atoms with Gasteiger partial charge in [-0.25, -0.2) is 5.48 Å². The molecule has 0 aliphatic carbocycles. The van der Waals surface area contributed by atoms with Crippen LogP contribution in [0.3, 0.4) is 0 Å². The Morgan fingerprint density at radius 1 is 0.885 bits per heavy atom. The molecule has 0 radical (unpaired) electrons. The number of esters is 1. The molecule has 0 spiro atoms.